The van der Waals surface area contributed by atoms with Crippen LogP contribution in [0.2, 0.25) is 0 Å². The fourth-order valence-electron chi connectivity index (χ4n) is 1.61. The maximum absolute atomic E-state index is 13.6. The molecule has 2 aromatic rings. The number of halogens is 2. The molecule has 1 unspecified atom stereocenters. The highest BCUT2D eigenvalue weighted by Crippen LogP contribution is 2.21. The molecule has 0 aliphatic heterocycles. The zero-order valence-corrected chi connectivity index (χ0v) is 8.67. The molecule has 2 N–H and O–H groups in total. The van der Waals surface area contributed by atoms with E-state index in [0.717, 1.165) is 6.07 Å². The van der Waals surface area contributed by atoms with Gasteiger partial charge in [0.25, 0.3) is 0 Å². The first-order valence-corrected chi connectivity index (χ1v) is 4.84. The molecule has 84 valence electrons. The molecule has 0 fully saturated rings. The molecule has 0 aliphatic rings. The van der Waals surface area contributed by atoms with Crippen LogP contribution in [0.1, 0.15) is 17.4 Å². The molecule has 0 radical (unpaired) electrons. The van der Waals surface area contributed by atoms with Gasteiger partial charge >= 0.3 is 0 Å². The van der Waals surface area contributed by atoms with Gasteiger partial charge < -0.3 is 10.3 Å². The van der Waals surface area contributed by atoms with Crippen molar-refractivity contribution in [2.24, 2.45) is 0 Å². The summed E-state index contributed by atoms with van der Waals surface area (Å²) < 4.78 is 26.3. The van der Waals surface area contributed by atoms with Gasteiger partial charge in [0, 0.05) is 24.0 Å². The lowest BCUT2D eigenvalue weighted by molar-refractivity contribution is 0.545. The van der Waals surface area contributed by atoms with Crippen molar-refractivity contribution in [2.45, 2.75) is 6.04 Å². The average molecular weight is 223 g/mol. The van der Waals surface area contributed by atoms with Crippen molar-refractivity contribution in [3.05, 3.63) is 53.6 Å². The van der Waals surface area contributed by atoms with E-state index in [0.29, 0.717) is 11.4 Å². The van der Waals surface area contributed by atoms with E-state index in [1.165, 1.54) is 12.1 Å². The van der Waals surface area contributed by atoms with E-state index in [9.17, 15) is 8.78 Å². The average Bonchev–Trinajstić information content (AvgIpc) is 2.75. The van der Waals surface area contributed by atoms with Crippen LogP contribution in [-0.4, -0.2) is 17.0 Å². The summed E-state index contributed by atoms with van der Waals surface area (Å²) in [4.78, 5) is 6.94. The van der Waals surface area contributed by atoms with Crippen molar-refractivity contribution in [3.63, 3.8) is 0 Å². The molecule has 0 saturated heterocycles. The number of nitrogens with one attached hydrogen (secondary N) is 2. The molecule has 3 nitrogen and oxygen atoms in total. The second-order valence-electron chi connectivity index (χ2n) is 3.36. The lowest BCUT2D eigenvalue weighted by Crippen LogP contribution is -2.20. The molecule has 2 rings (SSSR count). The van der Waals surface area contributed by atoms with E-state index >= 15 is 0 Å². The highest BCUT2D eigenvalue weighted by molar-refractivity contribution is 5.26. The van der Waals surface area contributed by atoms with Crippen LogP contribution in [0.15, 0.2) is 30.6 Å². The van der Waals surface area contributed by atoms with E-state index < -0.39 is 17.7 Å². The Morgan fingerprint density at radius 1 is 1.38 bits per heavy atom. The molecule has 0 amide bonds. The third kappa shape index (κ3) is 1.94. The predicted octanol–water partition coefficient (Wildman–Crippen LogP) is 2.00. The number of rotatable bonds is 3. The Kier molecular flexibility index (Phi) is 2.96. The van der Waals surface area contributed by atoms with Crippen LogP contribution in [0.5, 0.6) is 0 Å². The summed E-state index contributed by atoms with van der Waals surface area (Å²) in [5.41, 5.74) is 0.360. The lowest BCUT2D eigenvalue weighted by Gasteiger charge is -2.14. The van der Waals surface area contributed by atoms with Gasteiger partial charge in [-0.05, 0) is 13.1 Å². The van der Waals surface area contributed by atoms with E-state index in [4.69, 9.17) is 0 Å². The Morgan fingerprint density at radius 3 is 2.75 bits per heavy atom. The number of H-pyrrole nitrogens is 1. The summed E-state index contributed by atoms with van der Waals surface area (Å²) in [5, 5.41) is 2.92. The Morgan fingerprint density at radius 2 is 2.19 bits per heavy atom. The van der Waals surface area contributed by atoms with Gasteiger partial charge in [-0.15, -0.1) is 0 Å². The largest absolute Gasteiger partial charge is 0.347 e. The summed E-state index contributed by atoms with van der Waals surface area (Å²) in [6, 6.07) is 3.10. The van der Waals surface area contributed by atoms with E-state index in [1.54, 1.807) is 19.4 Å². The van der Waals surface area contributed by atoms with Crippen LogP contribution < -0.4 is 5.32 Å². The lowest BCUT2D eigenvalue weighted by atomic mass is 10.1. The second kappa shape index (κ2) is 4.40. The SMILES string of the molecule is CNC(c1ncc[nH]1)c1ccc(F)cc1F. The molecule has 1 heterocycles. The molecule has 16 heavy (non-hydrogen) atoms. The fourth-order valence-corrected chi connectivity index (χ4v) is 1.61. The van der Waals surface area contributed by atoms with E-state index in [1.807, 2.05) is 0 Å². The normalized spacial score (nSPS) is 12.7. The van der Waals surface area contributed by atoms with Gasteiger partial charge in [0.1, 0.15) is 17.5 Å². The highest BCUT2D eigenvalue weighted by atomic mass is 19.1. The molecule has 1 atom stereocenters. The van der Waals surface area contributed by atoms with Crippen LogP contribution in [-0.2, 0) is 0 Å². The number of hydrogen-bond acceptors (Lipinski definition) is 2. The molecule has 0 aliphatic carbocycles. The van der Waals surface area contributed by atoms with E-state index in [-0.39, 0.29) is 0 Å². The fraction of sp³-hybridized carbons (Fsp3) is 0.182. The Balaban J connectivity index is 2.41. The zero-order chi connectivity index (χ0) is 11.5. The first kappa shape index (κ1) is 10.8. The summed E-state index contributed by atoms with van der Waals surface area (Å²) >= 11 is 0. The number of benzene rings is 1. The summed E-state index contributed by atoms with van der Waals surface area (Å²) in [6.07, 6.45) is 3.24. The van der Waals surface area contributed by atoms with Crippen LogP contribution in [0.4, 0.5) is 8.78 Å². The molecule has 0 spiro atoms. The maximum atomic E-state index is 13.6. The van der Waals surface area contributed by atoms with Crippen molar-refractivity contribution >= 4 is 0 Å². The van der Waals surface area contributed by atoms with Gasteiger partial charge in [0.05, 0.1) is 6.04 Å². The molecular weight excluding hydrogens is 212 g/mol. The van der Waals surface area contributed by atoms with Crippen molar-refractivity contribution in [1.29, 1.82) is 0 Å². The minimum atomic E-state index is -0.587. The van der Waals surface area contributed by atoms with E-state index in [2.05, 4.69) is 15.3 Å². The zero-order valence-electron chi connectivity index (χ0n) is 8.67. The van der Waals surface area contributed by atoms with Gasteiger partial charge in [-0.25, -0.2) is 13.8 Å². The summed E-state index contributed by atoms with van der Waals surface area (Å²) in [6.45, 7) is 0. The molecular formula is C11H11F2N3. The third-order valence-corrected chi connectivity index (χ3v) is 2.35. The van der Waals surface area contributed by atoms with Gasteiger partial charge in [-0.3, -0.25) is 0 Å². The summed E-state index contributed by atoms with van der Waals surface area (Å²) in [5.74, 6) is -0.584. The predicted molar refractivity (Wildman–Crippen MR) is 55.8 cm³/mol. The first-order chi connectivity index (χ1) is 7.72. The smallest absolute Gasteiger partial charge is 0.131 e. The number of aromatic amines is 1. The molecule has 1 aromatic carbocycles. The molecule has 5 heteroatoms. The topological polar surface area (TPSA) is 40.7 Å². The Bertz CT molecular complexity index is 468. The number of aromatic nitrogens is 2. The molecule has 0 bridgehead atoms. The van der Waals surface area contributed by atoms with Gasteiger partial charge in [0.15, 0.2) is 0 Å². The Hall–Kier alpha value is -1.75. The number of nitrogens with zero attached hydrogens (tertiary/aromatic N) is 1. The summed E-state index contributed by atoms with van der Waals surface area (Å²) in [7, 11) is 1.69. The van der Waals surface area contributed by atoms with Gasteiger partial charge in [-0.2, -0.15) is 0 Å². The second-order valence-corrected chi connectivity index (χ2v) is 3.36. The van der Waals surface area contributed by atoms with Crippen LogP contribution in [0.25, 0.3) is 0 Å². The van der Waals surface area contributed by atoms with Crippen LogP contribution in [0.3, 0.4) is 0 Å². The van der Waals surface area contributed by atoms with Crippen molar-refractivity contribution in [2.75, 3.05) is 7.05 Å². The minimum Gasteiger partial charge on any atom is -0.347 e. The van der Waals surface area contributed by atoms with Gasteiger partial charge in [-0.1, -0.05) is 6.07 Å². The monoisotopic (exact) mass is 223 g/mol. The third-order valence-electron chi connectivity index (χ3n) is 2.35. The maximum Gasteiger partial charge on any atom is 0.131 e. The van der Waals surface area contributed by atoms with Crippen molar-refractivity contribution in [1.82, 2.24) is 15.3 Å². The standard InChI is InChI=1S/C11H11F2N3/c1-14-10(11-15-4-5-16-11)8-3-2-7(12)6-9(8)13/h2-6,10,14H,1H3,(H,15,16). The first-order valence-electron chi connectivity index (χ1n) is 4.84. The molecule has 1 aromatic heterocycles. The minimum absolute atomic E-state index is 0.360. The van der Waals surface area contributed by atoms with Crippen LogP contribution in [0, 0.1) is 11.6 Å². The van der Waals surface area contributed by atoms with Gasteiger partial charge in [0.2, 0.25) is 0 Å². The van der Waals surface area contributed by atoms with Crippen molar-refractivity contribution in [3.8, 4) is 0 Å². The number of imidazole rings is 1. The van der Waals surface area contributed by atoms with Crippen LogP contribution >= 0.6 is 0 Å². The van der Waals surface area contributed by atoms with Crippen molar-refractivity contribution < 1.29 is 8.78 Å². The molecule has 0 saturated carbocycles. The Labute approximate surface area is 91.5 Å². The number of hydrogen-bond donors (Lipinski definition) is 2. The highest BCUT2D eigenvalue weighted by Gasteiger charge is 2.18. The quantitative estimate of drug-likeness (QED) is 0.835.